The fourth-order valence-electron chi connectivity index (χ4n) is 2.27. The summed E-state index contributed by atoms with van der Waals surface area (Å²) in [6.07, 6.45) is 0.918. The van der Waals surface area contributed by atoms with E-state index >= 15 is 0 Å². The third-order valence-electron chi connectivity index (χ3n) is 4.00. The van der Waals surface area contributed by atoms with Gasteiger partial charge in [0.2, 0.25) is 0 Å². The molecule has 1 aromatic heterocycles. The zero-order chi connectivity index (χ0) is 19.1. The van der Waals surface area contributed by atoms with Crippen LogP contribution in [0.1, 0.15) is 59.7 Å². The maximum Gasteiger partial charge on any atom is 0.341 e. The number of anilines is 1. The Kier molecular flexibility index (Phi) is 8.31. The van der Waals surface area contributed by atoms with E-state index in [1.807, 2.05) is 20.8 Å². The van der Waals surface area contributed by atoms with Gasteiger partial charge in [0.1, 0.15) is 5.00 Å². The van der Waals surface area contributed by atoms with Gasteiger partial charge in [-0.3, -0.25) is 4.79 Å². The van der Waals surface area contributed by atoms with Gasteiger partial charge < -0.3 is 20.3 Å². The van der Waals surface area contributed by atoms with Gasteiger partial charge in [0, 0.05) is 19.1 Å². The molecule has 2 N–H and O–H groups in total. The maximum atomic E-state index is 12.7. The lowest BCUT2D eigenvalue weighted by atomic mass is 10.1. The van der Waals surface area contributed by atoms with E-state index in [1.54, 1.807) is 11.8 Å². The van der Waals surface area contributed by atoms with Crippen LogP contribution < -0.4 is 10.6 Å². The average molecular weight is 386 g/mol. The van der Waals surface area contributed by atoms with E-state index in [2.05, 4.69) is 17.6 Å². The average Bonchev–Trinajstić information content (AvgIpc) is 2.90. The monoisotopic (exact) mass is 385 g/mol. The summed E-state index contributed by atoms with van der Waals surface area (Å²) >= 11 is 6.54. The molecule has 1 amide bonds. The number of methoxy groups -OCH3 is 1. The van der Waals surface area contributed by atoms with Gasteiger partial charge >= 0.3 is 5.97 Å². The summed E-state index contributed by atoms with van der Waals surface area (Å²) in [5, 5.41) is 7.14. The number of hydrogen-bond acceptors (Lipinski definition) is 5. The molecule has 0 aliphatic carbocycles. The Hall–Kier alpha value is -1.67. The van der Waals surface area contributed by atoms with Crippen LogP contribution in [0.2, 0.25) is 0 Å². The van der Waals surface area contributed by atoms with Crippen molar-refractivity contribution < 1.29 is 14.3 Å². The number of ether oxygens (including phenoxy) is 1. The van der Waals surface area contributed by atoms with Gasteiger partial charge in [-0.15, -0.1) is 11.3 Å². The Morgan fingerprint density at radius 2 is 1.88 bits per heavy atom. The number of amides is 1. The van der Waals surface area contributed by atoms with Gasteiger partial charge in [-0.05, 0) is 51.9 Å². The molecule has 1 unspecified atom stereocenters. The van der Waals surface area contributed by atoms with Crippen LogP contribution in [-0.4, -0.2) is 48.1 Å². The Labute approximate surface area is 158 Å². The molecule has 25 heavy (non-hydrogen) atoms. The van der Waals surface area contributed by atoms with Crippen molar-refractivity contribution in [3.8, 4) is 0 Å². The van der Waals surface area contributed by atoms with Crippen molar-refractivity contribution in [2.24, 2.45) is 0 Å². The van der Waals surface area contributed by atoms with Crippen LogP contribution in [0.3, 0.4) is 0 Å². The van der Waals surface area contributed by atoms with Gasteiger partial charge in [-0.1, -0.05) is 6.92 Å². The Bertz CT molecular complexity index is 639. The number of hydrogen-bond donors (Lipinski definition) is 2. The number of carbonyl (C=O) groups is 2. The predicted molar refractivity (Wildman–Crippen MR) is 107 cm³/mol. The lowest BCUT2D eigenvalue weighted by molar-refractivity contribution is 0.0601. The third kappa shape index (κ3) is 5.15. The SMILES string of the molecule is CCC(C)NC(=S)Nc1sc(C(=O)N(CC)CC)c(C)c1C(=O)OC. The summed E-state index contributed by atoms with van der Waals surface area (Å²) in [4.78, 5) is 27.2. The van der Waals surface area contributed by atoms with E-state index in [0.717, 1.165) is 6.42 Å². The molecule has 6 nitrogen and oxygen atoms in total. The highest BCUT2D eigenvalue weighted by Crippen LogP contribution is 2.34. The number of thiophene rings is 1. The lowest BCUT2D eigenvalue weighted by Crippen LogP contribution is -2.35. The van der Waals surface area contributed by atoms with Gasteiger partial charge in [-0.2, -0.15) is 0 Å². The number of thiocarbonyl (C=S) groups is 1. The molecule has 0 spiro atoms. The first-order valence-corrected chi connectivity index (χ1v) is 9.61. The topological polar surface area (TPSA) is 70.7 Å². The van der Waals surface area contributed by atoms with Crippen LogP contribution in [0.25, 0.3) is 0 Å². The minimum atomic E-state index is -0.485. The Morgan fingerprint density at radius 3 is 2.36 bits per heavy atom. The quantitative estimate of drug-likeness (QED) is 0.554. The molecular weight excluding hydrogens is 358 g/mol. The first-order valence-electron chi connectivity index (χ1n) is 8.38. The highest BCUT2D eigenvalue weighted by molar-refractivity contribution is 7.80. The highest BCUT2D eigenvalue weighted by atomic mass is 32.1. The van der Waals surface area contributed by atoms with Gasteiger partial charge in [0.05, 0.1) is 17.6 Å². The van der Waals surface area contributed by atoms with Crippen molar-refractivity contribution in [2.45, 2.75) is 47.1 Å². The number of esters is 1. The molecule has 0 saturated carbocycles. The van der Waals surface area contributed by atoms with Crippen molar-refractivity contribution in [1.82, 2.24) is 10.2 Å². The molecule has 0 aliphatic heterocycles. The van der Waals surface area contributed by atoms with E-state index < -0.39 is 5.97 Å². The molecule has 0 fully saturated rings. The molecule has 8 heteroatoms. The zero-order valence-corrected chi connectivity index (χ0v) is 17.3. The van der Waals surface area contributed by atoms with Crippen LogP contribution in [0, 0.1) is 6.92 Å². The molecule has 1 atom stereocenters. The smallest absolute Gasteiger partial charge is 0.341 e. The molecule has 1 heterocycles. The van der Waals surface area contributed by atoms with E-state index in [0.29, 0.717) is 39.2 Å². The number of rotatable bonds is 7. The summed E-state index contributed by atoms with van der Waals surface area (Å²) in [6.45, 7) is 10.9. The van der Waals surface area contributed by atoms with Crippen molar-refractivity contribution in [3.63, 3.8) is 0 Å². The minimum absolute atomic E-state index is 0.0912. The number of nitrogens with one attached hydrogen (secondary N) is 2. The molecule has 0 aromatic carbocycles. The number of nitrogens with zero attached hydrogens (tertiary/aromatic N) is 1. The van der Waals surface area contributed by atoms with Gasteiger partial charge in [0.25, 0.3) is 5.91 Å². The van der Waals surface area contributed by atoms with Crippen molar-refractivity contribution in [3.05, 3.63) is 16.0 Å². The fraction of sp³-hybridized carbons (Fsp3) is 0.588. The number of carbonyl (C=O) groups excluding carboxylic acids is 2. The van der Waals surface area contributed by atoms with E-state index in [1.165, 1.54) is 18.4 Å². The molecule has 140 valence electrons. The second kappa shape index (κ2) is 9.72. The van der Waals surface area contributed by atoms with Crippen LogP contribution in [-0.2, 0) is 4.74 Å². The first-order chi connectivity index (χ1) is 11.8. The van der Waals surface area contributed by atoms with Crippen molar-refractivity contribution in [2.75, 3.05) is 25.5 Å². The fourth-order valence-corrected chi connectivity index (χ4v) is 3.81. The second-order valence-electron chi connectivity index (χ2n) is 5.64. The molecule has 0 radical (unpaired) electrons. The first kappa shape index (κ1) is 21.4. The van der Waals surface area contributed by atoms with E-state index in [4.69, 9.17) is 17.0 Å². The summed E-state index contributed by atoms with van der Waals surface area (Å²) in [7, 11) is 1.32. The van der Waals surface area contributed by atoms with Gasteiger partial charge in [0.15, 0.2) is 5.11 Å². The largest absolute Gasteiger partial charge is 0.465 e. The molecule has 1 aromatic rings. The van der Waals surface area contributed by atoms with E-state index in [-0.39, 0.29) is 11.9 Å². The molecule has 0 bridgehead atoms. The van der Waals surface area contributed by atoms with Crippen molar-refractivity contribution >= 4 is 45.5 Å². The lowest BCUT2D eigenvalue weighted by Gasteiger charge is -2.18. The summed E-state index contributed by atoms with van der Waals surface area (Å²) < 4.78 is 4.89. The van der Waals surface area contributed by atoms with E-state index in [9.17, 15) is 9.59 Å². The molecule has 0 aliphatic rings. The molecule has 0 saturated heterocycles. The predicted octanol–water partition coefficient (Wildman–Crippen LogP) is 3.41. The minimum Gasteiger partial charge on any atom is -0.465 e. The third-order valence-corrected chi connectivity index (χ3v) is 5.41. The van der Waals surface area contributed by atoms with Crippen molar-refractivity contribution in [1.29, 1.82) is 0 Å². The summed E-state index contributed by atoms with van der Waals surface area (Å²) in [5.74, 6) is -0.576. The summed E-state index contributed by atoms with van der Waals surface area (Å²) in [6, 6.07) is 0.208. The maximum absolute atomic E-state index is 12.7. The van der Waals surface area contributed by atoms with Crippen LogP contribution >= 0.6 is 23.6 Å². The van der Waals surface area contributed by atoms with Gasteiger partial charge in [-0.25, -0.2) is 4.79 Å². The Balaban J connectivity index is 3.23. The van der Waals surface area contributed by atoms with Crippen LogP contribution in [0.5, 0.6) is 0 Å². The molecular formula is C17H27N3O3S2. The summed E-state index contributed by atoms with van der Waals surface area (Å²) in [5.41, 5.74) is 0.971. The molecule has 1 rings (SSSR count). The van der Waals surface area contributed by atoms with Crippen LogP contribution in [0.4, 0.5) is 5.00 Å². The zero-order valence-electron chi connectivity index (χ0n) is 15.7. The Morgan fingerprint density at radius 1 is 1.28 bits per heavy atom. The highest BCUT2D eigenvalue weighted by Gasteiger charge is 2.27. The second-order valence-corrected chi connectivity index (χ2v) is 7.07. The van der Waals surface area contributed by atoms with Crippen LogP contribution in [0.15, 0.2) is 0 Å². The normalized spacial score (nSPS) is 11.6. The standard InChI is InChI=1S/C17H27N3O3S2/c1-7-10(4)18-17(24)19-14-12(16(22)23-6)11(5)13(25-14)15(21)20(8-2)9-3/h10H,7-9H2,1-6H3,(H2,18,19,24).